The van der Waals surface area contributed by atoms with Gasteiger partial charge in [0.2, 0.25) is 10.0 Å². The van der Waals surface area contributed by atoms with Crippen LogP contribution >= 0.6 is 0 Å². The largest absolute Gasteiger partial charge is 0.425 e. The van der Waals surface area contributed by atoms with Gasteiger partial charge in [0.15, 0.2) is 6.04 Å². The summed E-state index contributed by atoms with van der Waals surface area (Å²) in [5.74, 6) is 0.184. The quantitative estimate of drug-likeness (QED) is 0.625. The summed E-state index contributed by atoms with van der Waals surface area (Å²) in [7, 11) is -2.08. The lowest BCUT2D eigenvalue weighted by Crippen LogP contribution is -2.33. The van der Waals surface area contributed by atoms with Gasteiger partial charge in [-0.05, 0) is 23.6 Å². The van der Waals surface area contributed by atoms with Gasteiger partial charge in [-0.2, -0.15) is 4.31 Å². The molecule has 0 N–H and O–H groups in total. The van der Waals surface area contributed by atoms with Gasteiger partial charge in [-0.1, -0.05) is 19.9 Å². The number of fused-ring (bicyclic) bond motifs is 1. The monoisotopic (exact) mass is 283 g/mol. The molecule has 0 fully saturated rings. The Morgan fingerprint density at radius 3 is 2.47 bits per heavy atom. The molecular weight excluding hydrogens is 266 g/mol. The zero-order valence-electron chi connectivity index (χ0n) is 11.4. The fourth-order valence-electron chi connectivity index (χ4n) is 2.06. The standard InChI is InChI=1S/C13H17NO4S/c1-8(2)9-5-6-11-10(7-9)12(13(15)18-11)14(3)19(4,16)17/h5-8,12H,1-4H3. The van der Waals surface area contributed by atoms with E-state index in [0.717, 1.165) is 16.1 Å². The van der Waals surface area contributed by atoms with E-state index < -0.39 is 22.0 Å². The van der Waals surface area contributed by atoms with Crippen molar-refractivity contribution in [2.45, 2.75) is 25.8 Å². The second-order valence-corrected chi connectivity index (χ2v) is 7.10. The first-order chi connectivity index (χ1) is 8.71. The summed E-state index contributed by atoms with van der Waals surface area (Å²) in [5.41, 5.74) is 1.66. The molecule has 104 valence electrons. The van der Waals surface area contributed by atoms with E-state index in [4.69, 9.17) is 4.74 Å². The van der Waals surface area contributed by atoms with Gasteiger partial charge in [0, 0.05) is 12.6 Å². The number of carbonyl (C=O) groups is 1. The zero-order chi connectivity index (χ0) is 14.4. The van der Waals surface area contributed by atoms with Crippen LogP contribution < -0.4 is 4.74 Å². The predicted octanol–water partition coefficient (Wildman–Crippen LogP) is 1.66. The molecule has 0 aromatic heterocycles. The van der Waals surface area contributed by atoms with Gasteiger partial charge >= 0.3 is 5.97 Å². The Kier molecular flexibility index (Phi) is 3.40. The lowest BCUT2D eigenvalue weighted by molar-refractivity contribution is -0.136. The van der Waals surface area contributed by atoms with E-state index in [1.807, 2.05) is 26.0 Å². The molecule has 1 atom stereocenters. The summed E-state index contributed by atoms with van der Waals surface area (Å²) < 4.78 is 29.4. The number of hydrogen-bond acceptors (Lipinski definition) is 4. The molecule has 19 heavy (non-hydrogen) atoms. The minimum Gasteiger partial charge on any atom is -0.425 e. The lowest BCUT2D eigenvalue weighted by Gasteiger charge is -2.19. The van der Waals surface area contributed by atoms with Crippen molar-refractivity contribution in [3.8, 4) is 5.75 Å². The number of carbonyl (C=O) groups excluding carboxylic acids is 1. The highest BCUT2D eigenvalue weighted by Crippen LogP contribution is 2.38. The van der Waals surface area contributed by atoms with Crippen LogP contribution in [0.25, 0.3) is 0 Å². The summed E-state index contributed by atoms with van der Waals surface area (Å²) in [6.07, 6.45) is 1.07. The van der Waals surface area contributed by atoms with Gasteiger partial charge in [-0.25, -0.2) is 13.2 Å². The number of esters is 1. The van der Waals surface area contributed by atoms with Gasteiger partial charge in [-0.3, -0.25) is 0 Å². The van der Waals surface area contributed by atoms with Crippen molar-refractivity contribution >= 4 is 16.0 Å². The highest BCUT2D eigenvalue weighted by molar-refractivity contribution is 7.88. The van der Waals surface area contributed by atoms with Crippen LogP contribution in [0.2, 0.25) is 0 Å². The molecule has 0 saturated heterocycles. The first-order valence-electron chi connectivity index (χ1n) is 6.00. The maximum Gasteiger partial charge on any atom is 0.334 e. The predicted molar refractivity (Wildman–Crippen MR) is 71.5 cm³/mol. The molecule has 1 aromatic rings. The molecule has 0 spiro atoms. The third-order valence-corrected chi connectivity index (χ3v) is 4.57. The van der Waals surface area contributed by atoms with Crippen molar-refractivity contribution in [1.82, 2.24) is 4.31 Å². The Bertz CT molecular complexity index is 622. The number of ether oxygens (including phenoxy) is 1. The molecule has 0 aliphatic carbocycles. The number of benzene rings is 1. The number of rotatable bonds is 3. The molecule has 1 aromatic carbocycles. The van der Waals surface area contributed by atoms with Gasteiger partial charge in [-0.15, -0.1) is 0 Å². The van der Waals surface area contributed by atoms with E-state index in [2.05, 4.69) is 0 Å². The highest BCUT2D eigenvalue weighted by atomic mass is 32.2. The molecule has 5 nitrogen and oxygen atoms in total. The molecule has 0 amide bonds. The first kappa shape index (κ1) is 14.0. The molecule has 0 radical (unpaired) electrons. The van der Waals surface area contributed by atoms with Crippen LogP contribution in [0.3, 0.4) is 0 Å². The molecule has 0 bridgehead atoms. The Labute approximate surface area is 113 Å². The zero-order valence-corrected chi connectivity index (χ0v) is 12.2. The van der Waals surface area contributed by atoms with Crippen LogP contribution in [0.1, 0.15) is 36.9 Å². The Hall–Kier alpha value is -1.40. The maximum atomic E-state index is 11.9. The Morgan fingerprint density at radius 1 is 1.32 bits per heavy atom. The Morgan fingerprint density at radius 2 is 1.95 bits per heavy atom. The molecule has 1 aliphatic heterocycles. The van der Waals surface area contributed by atoms with Crippen LogP contribution in [0.4, 0.5) is 0 Å². The molecule has 1 heterocycles. The SMILES string of the molecule is CC(C)c1ccc2c(c1)C(N(C)S(C)(=O)=O)C(=O)O2. The third-order valence-electron chi connectivity index (χ3n) is 3.32. The van der Waals surface area contributed by atoms with Crippen LogP contribution in [0.15, 0.2) is 18.2 Å². The average Bonchev–Trinajstić information content (AvgIpc) is 2.61. The first-order valence-corrected chi connectivity index (χ1v) is 7.85. The van der Waals surface area contributed by atoms with E-state index >= 15 is 0 Å². The van der Waals surface area contributed by atoms with Crippen LogP contribution in [-0.4, -0.2) is 32.0 Å². The summed E-state index contributed by atoms with van der Waals surface area (Å²) in [4.78, 5) is 11.9. The number of likely N-dealkylation sites (N-methyl/N-ethyl adjacent to an activating group) is 1. The minimum atomic E-state index is -3.46. The summed E-state index contributed by atoms with van der Waals surface area (Å²) in [6, 6.07) is 4.57. The van der Waals surface area contributed by atoms with Crippen LogP contribution in [-0.2, 0) is 14.8 Å². The van der Waals surface area contributed by atoms with Crippen molar-refractivity contribution in [3.63, 3.8) is 0 Å². The van der Waals surface area contributed by atoms with E-state index in [1.165, 1.54) is 7.05 Å². The van der Waals surface area contributed by atoms with Gasteiger partial charge in [0.1, 0.15) is 5.75 Å². The van der Waals surface area contributed by atoms with Crippen LogP contribution in [0.5, 0.6) is 5.75 Å². The maximum absolute atomic E-state index is 11.9. The van der Waals surface area contributed by atoms with E-state index in [0.29, 0.717) is 17.2 Å². The van der Waals surface area contributed by atoms with Crippen molar-refractivity contribution in [2.24, 2.45) is 0 Å². The number of hydrogen-bond donors (Lipinski definition) is 0. The van der Waals surface area contributed by atoms with Crippen molar-refractivity contribution in [1.29, 1.82) is 0 Å². The van der Waals surface area contributed by atoms with Crippen molar-refractivity contribution in [2.75, 3.05) is 13.3 Å². The minimum absolute atomic E-state index is 0.296. The van der Waals surface area contributed by atoms with E-state index in [1.54, 1.807) is 6.07 Å². The van der Waals surface area contributed by atoms with E-state index in [9.17, 15) is 13.2 Å². The molecule has 1 unspecified atom stereocenters. The average molecular weight is 283 g/mol. The fraction of sp³-hybridized carbons (Fsp3) is 0.462. The molecule has 6 heteroatoms. The van der Waals surface area contributed by atoms with Crippen LogP contribution in [0, 0.1) is 0 Å². The van der Waals surface area contributed by atoms with E-state index in [-0.39, 0.29) is 0 Å². The summed E-state index contributed by atoms with van der Waals surface area (Å²) >= 11 is 0. The van der Waals surface area contributed by atoms with Gasteiger partial charge in [0.05, 0.1) is 6.26 Å². The summed E-state index contributed by atoms with van der Waals surface area (Å²) in [6.45, 7) is 4.07. The topological polar surface area (TPSA) is 63.7 Å². The van der Waals surface area contributed by atoms with Crippen molar-refractivity contribution < 1.29 is 17.9 Å². The highest BCUT2D eigenvalue weighted by Gasteiger charge is 2.39. The van der Waals surface area contributed by atoms with Gasteiger partial charge < -0.3 is 4.74 Å². The number of sulfonamides is 1. The smallest absolute Gasteiger partial charge is 0.334 e. The third kappa shape index (κ3) is 2.50. The Balaban J connectivity index is 2.51. The van der Waals surface area contributed by atoms with Gasteiger partial charge in [0.25, 0.3) is 0 Å². The molecule has 1 aliphatic rings. The normalized spacial score (nSPS) is 18.8. The lowest BCUT2D eigenvalue weighted by atomic mass is 9.98. The second kappa shape index (κ2) is 4.61. The fourth-order valence-corrected chi connectivity index (χ4v) is 2.64. The second-order valence-electron chi connectivity index (χ2n) is 5.05. The van der Waals surface area contributed by atoms with Crippen molar-refractivity contribution in [3.05, 3.63) is 29.3 Å². The molecular formula is C13H17NO4S. The molecule has 2 rings (SSSR count). The summed E-state index contributed by atoms with van der Waals surface area (Å²) in [5, 5.41) is 0. The molecule has 0 saturated carbocycles. The number of nitrogens with zero attached hydrogens (tertiary/aromatic N) is 1.